The van der Waals surface area contributed by atoms with Crippen LogP contribution in [0.25, 0.3) is 0 Å². The van der Waals surface area contributed by atoms with Crippen LogP contribution in [0.4, 0.5) is 0 Å². The van der Waals surface area contributed by atoms with Crippen molar-refractivity contribution in [3.63, 3.8) is 0 Å². The van der Waals surface area contributed by atoms with Crippen LogP contribution in [0.5, 0.6) is 0 Å². The summed E-state index contributed by atoms with van der Waals surface area (Å²) in [6.07, 6.45) is 3.61. The highest BCUT2D eigenvalue weighted by atomic mass is 16.2. The van der Waals surface area contributed by atoms with Crippen molar-refractivity contribution in [1.29, 1.82) is 0 Å². The Kier molecular flexibility index (Phi) is 4.80. The van der Waals surface area contributed by atoms with Crippen molar-refractivity contribution in [1.82, 2.24) is 14.7 Å². The van der Waals surface area contributed by atoms with E-state index in [1.807, 2.05) is 4.90 Å². The summed E-state index contributed by atoms with van der Waals surface area (Å²) >= 11 is 0. The van der Waals surface area contributed by atoms with Crippen molar-refractivity contribution in [2.45, 2.75) is 26.2 Å². The first-order valence-electron chi connectivity index (χ1n) is 7.02. The molecule has 98 valence electrons. The molecule has 0 unspecified atom stereocenters. The monoisotopic (exact) mass is 239 g/mol. The Balaban J connectivity index is 1.68. The van der Waals surface area contributed by atoms with E-state index in [2.05, 4.69) is 16.7 Å². The number of carbonyl (C=O) groups excluding carboxylic acids is 1. The predicted octanol–water partition coefficient (Wildman–Crippen LogP) is 0.636. The van der Waals surface area contributed by atoms with Crippen molar-refractivity contribution in [3.05, 3.63) is 0 Å². The molecule has 2 heterocycles. The van der Waals surface area contributed by atoms with Gasteiger partial charge in [0.2, 0.25) is 5.91 Å². The number of hydrogen-bond donors (Lipinski definition) is 0. The lowest BCUT2D eigenvalue weighted by Gasteiger charge is -2.34. The van der Waals surface area contributed by atoms with Crippen LogP contribution in [0.2, 0.25) is 0 Å². The quantitative estimate of drug-likeness (QED) is 0.720. The Morgan fingerprint density at radius 1 is 0.941 bits per heavy atom. The van der Waals surface area contributed by atoms with Gasteiger partial charge in [-0.2, -0.15) is 0 Å². The second kappa shape index (κ2) is 6.36. The van der Waals surface area contributed by atoms with E-state index >= 15 is 0 Å². The van der Waals surface area contributed by atoms with E-state index in [4.69, 9.17) is 0 Å². The van der Waals surface area contributed by atoms with Gasteiger partial charge in [0.15, 0.2) is 0 Å². The molecule has 2 saturated heterocycles. The van der Waals surface area contributed by atoms with Gasteiger partial charge in [-0.3, -0.25) is 9.69 Å². The van der Waals surface area contributed by atoms with Gasteiger partial charge in [-0.15, -0.1) is 0 Å². The van der Waals surface area contributed by atoms with Crippen LogP contribution in [0.3, 0.4) is 0 Å². The highest BCUT2D eigenvalue weighted by molar-refractivity contribution is 5.78. The molecule has 17 heavy (non-hydrogen) atoms. The molecule has 0 bridgehead atoms. The third-order valence-electron chi connectivity index (χ3n) is 3.82. The van der Waals surface area contributed by atoms with Crippen LogP contribution < -0.4 is 0 Å². The maximum absolute atomic E-state index is 12.0. The molecular weight excluding hydrogens is 214 g/mol. The van der Waals surface area contributed by atoms with E-state index in [0.717, 1.165) is 39.3 Å². The third kappa shape index (κ3) is 3.68. The molecule has 0 N–H and O–H groups in total. The molecule has 2 rings (SSSR count). The number of likely N-dealkylation sites (tertiary alicyclic amines) is 1. The molecule has 0 aromatic heterocycles. The lowest BCUT2D eigenvalue weighted by atomic mass is 10.3. The summed E-state index contributed by atoms with van der Waals surface area (Å²) in [4.78, 5) is 18.8. The van der Waals surface area contributed by atoms with Gasteiger partial charge in [0.25, 0.3) is 0 Å². The summed E-state index contributed by atoms with van der Waals surface area (Å²) in [7, 11) is 0. The van der Waals surface area contributed by atoms with Gasteiger partial charge < -0.3 is 9.80 Å². The fourth-order valence-corrected chi connectivity index (χ4v) is 2.75. The lowest BCUT2D eigenvalue weighted by molar-refractivity contribution is -0.131. The predicted molar refractivity (Wildman–Crippen MR) is 69.0 cm³/mol. The van der Waals surface area contributed by atoms with Gasteiger partial charge in [-0.25, -0.2) is 0 Å². The summed E-state index contributed by atoms with van der Waals surface area (Å²) in [5.74, 6) is 0.339. The number of hydrogen-bond acceptors (Lipinski definition) is 3. The fourth-order valence-electron chi connectivity index (χ4n) is 2.75. The van der Waals surface area contributed by atoms with Crippen molar-refractivity contribution in [3.8, 4) is 0 Å². The average molecular weight is 239 g/mol. The molecule has 4 heteroatoms. The first kappa shape index (κ1) is 12.8. The average Bonchev–Trinajstić information content (AvgIpc) is 2.86. The summed E-state index contributed by atoms with van der Waals surface area (Å²) in [5.41, 5.74) is 0. The summed E-state index contributed by atoms with van der Waals surface area (Å²) in [6, 6.07) is 0. The molecule has 4 nitrogen and oxygen atoms in total. The molecule has 2 fully saturated rings. The molecule has 0 saturated carbocycles. The van der Waals surface area contributed by atoms with Crippen molar-refractivity contribution in [2.24, 2.45) is 0 Å². The van der Waals surface area contributed by atoms with E-state index in [-0.39, 0.29) is 0 Å². The molecular formula is C13H25N3O. The molecule has 0 spiro atoms. The largest absolute Gasteiger partial charge is 0.342 e. The zero-order valence-corrected chi connectivity index (χ0v) is 11.0. The summed E-state index contributed by atoms with van der Waals surface area (Å²) < 4.78 is 0. The molecule has 2 aliphatic heterocycles. The zero-order valence-electron chi connectivity index (χ0n) is 11.0. The van der Waals surface area contributed by atoms with Crippen molar-refractivity contribution in [2.75, 3.05) is 52.4 Å². The molecule has 0 aromatic rings. The number of piperazine rings is 1. The highest BCUT2D eigenvalue weighted by Gasteiger charge is 2.22. The van der Waals surface area contributed by atoms with Gasteiger partial charge in [0.1, 0.15) is 0 Å². The maximum atomic E-state index is 12.0. The molecule has 0 aliphatic carbocycles. The number of nitrogens with zero attached hydrogens (tertiary/aromatic N) is 3. The van der Waals surface area contributed by atoms with Gasteiger partial charge in [-0.1, -0.05) is 6.92 Å². The normalized spacial score (nSPS) is 23.2. The minimum atomic E-state index is 0.339. The van der Waals surface area contributed by atoms with E-state index in [1.165, 1.54) is 25.8 Å². The first-order valence-corrected chi connectivity index (χ1v) is 7.02. The van der Waals surface area contributed by atoms with Crippen molar-refractivity contribution < 1.29 is 4.79 Å². The first-order chi connectivity index (χ1) is 8.29. The Labute approximate surface area is 105 Å². The van der Waals surface area contributed by atoms with Gasteiger partial charge in [0.05, 0.1) is 6.54 Å². The Bertz CT molecular complexity index is 243. The van der Waals surface area contributed by atoms with E-state index in [0.29, 0.717) is 12.5 Å². The topological polar surface area (TPSA) is 26.8 Å². The Morgan fingerprint density at radius 2 is 1.53 bits per heavy atom. The SMILES string of the molecule is CCCN1CCN(CC(=O)N2CCCC2)CC1. The van der Waals surface area contributed by atoms with Crippen LogP contribution in [-0.2, 0) is 4.79 Å². The fraction of sp³-hybridized carbons (Fsp3) is 0.923. The Hall–Kier alpha value is -0.610. The number of amides is 1. The maximum Gasteiger partial charge on any atom is 0.236 e. The summed E-state index contributed by atoms with van der Waals surface area (Å²) in [6.45, 7) is 10.4. The molecule has 1 amide bonds. The van der Waals surface area contributed by atoms with E-state index in [1.54, 1.807) is 0 Å². The lowest BCUT2D eigenvalue weighted by Crippen LogP contribution is -2.49. The minimum absolute atomic E-state index is 0.339. The third-order valence-corrected chi connectivity index (χ3v) is 3.82. The highest BCUT2D eigenvalue weighted by Crippen LogP contribution is 2.09. The Morgan fingerprint density at radius 3 is 2.12 bits per heavy atom. The molecule has 0 aromatic carbocycles. The smallest absolute Gasteiger partial charge is 0.236 e. The van der Waals surface area contributed by atoms with Crippen LogP contribution in [0, 0.1) is 0 Å². The van der Waals surface area contributed by atoms with Crippen LogP contribution in [0.1, 0.15) is 26.2 Å². The number of carbonyl (C=O) groups is 1. The second-order valence-electron chi connectivity index (χ2n) is 5.21. The second-order valence-corrected chi connectivity index (χ2v) is 5.21. The molecule has 0 radical (unpaired) electrons. The van der Waals surface area contributed by atoms with Crippen LogP contribution in [-0.4, -0.2) is 73.0 Å². The van der Waals surface area contributed by atoms with Crippen molar-refractivity contribution >= 4 is 5.91 Å². The minimum Gasteiger partial charge on any atom is -0.342 e. The standard InChI is InChI=1S/C13H25N3O/c1-2-5-14-8-10-15(11-9-14)12-13(17)16-6-3-4-7-16/h2-12H2,1H3. The summed E-state index contributed by atoms with van der Waals surface area (Å²) in [5, 5.41) is 0. The zero-order chi connectivity index (χ0) is 12.1. The van der Waals surface area contributed by atoms with E-state index < -0.39 is 0 Å². The van der Waals surface area contributed by atoms with Gasteiger partial charge in [-0.05, 0) is 25.8 Å². The molecule has 2 aliphatic rings. The van der Waals surface area contributed by atoms with Gasteiger partial charge in [0, 0.05) is 39.3 Å². The van der Waals surface area contributed by atoms with E-state index in [9.17, 15) is 4.79 Å². The van der Waals surface area contributed by atoms with Crippen LogP contribution in [0.15, 0.2) is 0 Å². The number of rotatable bonds is 4. The molecule has 0 atom stereocenters. The van der Waals surface area contributed by atoms with Gasteiger partial charge >= 0.3 is 0 Å². The van der Waals surface area contributed by atoms with Crippen LogP contribution >= 0.6 is 0 Å².